The van der Waals surface area contributed by atoms with Gasteiger partial charge in [-0.3, -0.25) is 0 Å². The maximum Gasteiger partial charge on any atom is 0.573 e. The number of ether oxygens (including phenoxy) is 1. The van der Waals surface area contributed by atoms with E-state index in [1.54, 1.807) is 0 Å². The van der Waals surface area contributed by atoms with Crippen LogP contribution >= 0.6 is 0 Å². The van der Waals surface area contributed by atoms with Crippen LogP contribution in [0.4, 0.5) is 13.2 Å². The predicted octanol–water partition coefficient (Wildman–Crippen LogP) is 6.12. The minimum atomic E-state index is -4.69. The van der Waals surface area contributed by atoms with Gasteiger partial charge in [0.05, 0.1) is 0 Å². The van der Waals surface area contributed by atoms with Gasteiger partial charge in [0.1, 0.15) is 5.75 Å². The van der Waals surface area contributed by atoms with E-state index in [1.807, 2.05) is 6.07 Å². The minimum Gasteiger partial charge on any atom is -0.406 e. The van der Waals surface area contributed by atoms with E-state index in [-0.39, 0.29) is 5.75 Å². The van der Waals surface area contributed by atoms with Crippen LogP contribution in [0.25, 0.3) is 11.1 Å². The Balaban J connectivity index is 1.53. The van der Waals surface area contributed by atoms with Crippen molar-refractivity contribution in [3.05, 3.63) is 88.5 Å². The van der Waals surface area contributed by atoms with E-state index in [1.165, 1.54) is 52.1 Å². The standard InChI is InChI=1S/C24H17F3O/c1-2-16-7-11-22-19(13-16)15-20-14-18(8-12-23(20)22)4-3-17-5-9-21(10-6-17)28-24(25,26)27/h5-14H,2,15H2,1H3. The Bertz CT molecular complexity index is 1080. The van der Waals surface area contributed by atoms with Gasteiger partial charge in [-0.2, -0.15) is 0 Å². The zero-order valence-electron chi connectivity index (χ0n) is 15.2. The molecule has 0 amide bonds. The van der Waals surface area contributed by atoms with Gasteiger partial charge in [-0.15, -0.1) is 13.2 Å². The van der Waals surface area contributed by atoms with Gasteiger partial charge in [-0.1, -0.05) is 43.0 Å². The summed E-state index contributed by atoms with van der Waals surface area (Å²) in [7, 11) is 0. The Labute approximate surface area is 161 Å². The molecule has 3 aromatic rings. The zero-order valence-corrected chi connectivity index (χ0v) is 15.2. The Hall–Kier alpha value is -3.19. The molecule has 3 aromatic carbocycles. The minimum absolute atomic E-state index is 0.250. The van der Waals surface area contributed by atoms with E-state index >= 15 is 0 Å². The Morgan fingerprint density at radius 1 is 0.821 bits per heavy atom. The fraction of sp³-hybridized carbons (Fsp3) is 0.167. The molecule has 4 heteroatoms. The van der Waals surface area contributed by atoms with Crippen LogP contribution in [0.3, 0.4) is 0 Å². The lowest BCUT2D eigenvalue weighted by molar-refractivity contribution is -0.274. The van der Waals surface area contributed by atoms with Crippen LogP contribution in [-0.4, -0.2) is 6.36 Å². The molecule has 0 N–H and O–H groups in total. The van der Waals surface area contributed by atoms with Crippen LogP contribution in [0.2, 0.25) is 0 Å². The molecule has 0 radical (unpaired) electrons. The van der Waals surface area contributed by atoms with Crippen molar-refractivity contribution in [1.82, 2.24) is 0 Å². The molecule has 140 valence electrons. The molecule has 1 aliphatic carbocycles. The van der Waals surface area contributed by atoms with Crippen molar-refractivity contribution >= 4 is 0 Å². The Morgan fingerprint density at radius 2 is 1.43 bits per heavy atom. The molecule has 0 aromatic heterocycles. The number of rotatable bonds is 2. The van der Waals surface area contributed by atoms with Gasteiger partial charge in [-0.25, -0.2) is 0 Å². The molecule has 0 unspecified atom stereocenters. The van der Waals surface area contributed by atoms with E-state index in [4.69, 9.17) is 0 Å². The molecule has 1 nitrogen and oxygen atoms in total. The van der Waals surface area contributed by atoms with Crippen LogP contribution < -0.4 is 4.74 Å². The first kappa shape index (κ1) is 18.2. The van der Waals surface area contributed by atoms with Gasteiger partial charge >= 0.3 is 6.36 Å². The SMILES string of the molecule is CCc1ccc2c(c1)Cc1cc(C#Cc3ccc(OC(F)(F)F)cc3)ccc1-2. The monoisotopic (exact) mass is 378 g/mol. The summed E-state index contributed by atoms with van der Waals surface area (Å²) >= 11 is 0. The lowest BCUT2D eigenvalue weighted by atomic mass is 10.0. The highest BCUT2D eigenvalue weighted by molar-refractivity contribution is 5.77. The first-order chi connectivity index (χ1) is 13.4. The number of benzene rings is 3. The summed E-state index contributed by atoms with van der Waals surface area (Å²) in [5.41, 5.74) is 7.99. The Morgan fingerprint density at radius 3 is 2.11 bits per heavy atom. The molecule has 28 heavy (non-hydrogen) atoms. The van der Waals surface area contributed by atoms with Crippen molar-refractivity contribution < 1.29 is 17.9 Å². The van der Waals surface area contributed by atoms with E-state index in [2.05, 4.69) is 53.8 Å². The molecule has 0 heterocycles. The molecule has 1 aliphatic rings. The summed E-state index contributed by atoms with van der Waals surface area (Å²) < 4.78 is 40.5. The first-order valence-electron chi connectivity index (χ1n) is 9.04. The van der Waals surface area contributed by atoms with Crippen molar-refractivity contribution in [3.8, 4) is 28.7 Å². The average molecular weight is 378 g/mol. The van der Waals surface area contributed by atoms with Crippen molar-refractivity contribution in [3.63, 3.8) is 0 Å². The van der Waals surface area contributed by atoms with Crippen LogP contribution in [0.15, 0.2) is 60.7 Å². The lowest BCUT2D eigenvalue weighted by Crippen LogP contribution is -2.16. The summed E-state index contributed by atoms with van der Waals surface area (Å²) in [6, 6.07) is 18.4. The van der Waals surface area contributed by atoms with Crippen molar-refractivity contribution in [2.45, 2.75) is 26.1 Å². The number of fused-ring (bicyclic) bond motifs is 3. The molecule has 0 saturated heterocycles. The van der Waals surface area contributed by atoms with Crippen LogP contribution in [0.5, 0.6) is 5.75 Å². The molecule has 0 spiro atoms. The van der Waals surface area contributed by atoms with E-state index in [9.17, 15) is 13.2 Å². The maximum absolute atomic E-state index is 12.2. The number of alkyl halides is 3. The Kier molecular flexibility index (Phi) is 4.60. The van der Waals surface area contributed by atoms with Crippen LogP contribution in [-0.2, 0) is 12.8 Å². The molecule has 0 saturated carbocycles. The number of hydrogen-bond acceptors (Lipinski definition) is 1. The van der Waals surface area contributed by atoms with Gasteiger partial charge in [0.25, 0.3) is 0 Å². The van der Waals surface area contributed by atoms with Crippen molar-refractivity contribution in [1.29, 1.82) is 0 Å². The summed E-state index contributed by atoms with van der Waals surface area (Å²) in [4.78, 5) is 0. The number of aryl methyl sites for hydroxylation is 1. The van der Waals surface area contributed by atoms with Gasteiger partial charge < -0.3 is 4.74 Å². The normalized spacial score (nSPS) is 12.0. The largest absolute Gasteiger partial charge is 0.573 e. The molecule has 0 fully saturated rings. The fourth-order valence-electron chi connectivity index (χ4n) is 3.45. The number of hydrogen-bond donors (Lipinski definition) is 0. The fourth-order valence-corrected chi connectivity index (χ4v) is 3.45. The van der Waals surface area contributed by atoms with Crippen molar-refractivity contribution in [2.24, 2.45) is 0 Å². The van der Waals surface area contributed by atoms with E-state index in [0.29, 0.717) is 5.56 Å². The summed E-state index contributed by atoms with van der Waals surface area (Å²) in [5, 5.41) is 0. The third-order valence-corrected chi connectivity index (χ3v) is 4.79. The smallest absolute Gasteiger partial charge is 0.406 e. The molecular weight excluding hydrogens is 361 g/mol. The topological polar surface area (TPSA) is 9.23 Å². The average Bonchev–Trinajstić information content (AvgIpc) is 3.03. The number of halogens is 3. The van der Waals surface area contributed by atoms with E-state index < -0.39 is 6.36 Å². The maximum atomic E-state index is 12.2. The molecule has 0 atom stereocenters. The highest BCUT2D eigenvalue weighted by atomic mass is 19.4. The summed E-state index contributed by atoms with van der Waals surface area (Å²) in [5.74, 6) is 5.84. The quantitative estimate of drug-likeness (QED) is 0.382. The lowest BCUT2D eigenvalue weighted by Gasteiger charge is -2.08. The van der Waals surface area contributed by atoms with Crippen molar-refractivity contribution in [2.75, 3.05) is 0 Å². The summed E-state index contributed by atoms with van der Waals surface area (Å²) in [6.07, 6.45) is -2.77. The highest BCUT2D eigenvalue weighted by Gasteiger charge is 2.30. The first-order valence-corrected chi connectivity index (χ1v) is 9.04. The zero-order chi connectivity index (χ0) is 19.7. The van der Waals surface area contributed by atoms with E-state index in [0.717, 1.165) is 18.4 Å². The van der Waals surface area contributed by atoms with Gasteiger partial charge in [0.2, 0.25) is 0 Å². The van der Waals surface area contributed by atoms with Gasteiger partial charge in [0.15, 0.2) is 0 Å². The second-order valence-corrected chi connectivity index (χ2v) is 6.72. The molecule has 0 bridgehead atoms. The van der Waals surface area contributed by atoms with Gasteiger partial charge in [0, 0.05) is 11.1 Å². The molecule has 0 aliphatic heterocycles. The predicted molar refractivity (Wildman–Crippen MR) is 103 cm³/mol. The highest BCUT2D eigenvalue weighted by Crippen LogP contribution is 2.37. The second-order valence-electron chi connectivity index (χ2n) is 6.72. The second kappa shape index (κ2) is 7.09. The summed E-state index contributed by atoms with van der Waals surface area (Å²) in [6.45, 7) is 2.15. The molecular formula is C24H17F3O. The third-order valence-electron chi connectivity index (χ3n) is 4.79. The van der Waals surface area contributed by atoms with Crippen LogP contribution in [0.1, 0.15) is 34.7 Å². The molecule has 4 rings (SSSR count). The van der Waals surface area contributed by atoms with Crippen LogP contribution in [0, 0.1) is 11.8 Å². The third kappa shape index (κ3) is 3.89. The van der Waals surface area contributed by atoms with Gasteiger partial charge in [-0.05, 0) is 77.1 Å².